The predicted molar refractivity (Wildman–Crippen MR) is 73.9 cm³/mol. The molecule has 106 valence electrons. The summed E-state index contributed by atoms with van der Waals surface area (Å²) in [4.78, 5) is 29.0. The highest BCUT2D eigenvalue weighted by Gasteiger charge is 2.07. The van der Waals surface area contributed by atoms with Crippen LogP contribution in [0.1, 0.15) is 26.2 Å². The van der Waals surface area contributed by atoms with E-state index in [9.17, 15) is 9.81 Å². The van der Waals surface area contributed by atoms with Crippen molar-refractivity contribution in [2.75, 3.05) is 6.61 Å². The first-order chi connectivity index (χ1) is 9.13. The van der Waals surface area contributed by atoms with Crippen LogP contribution in [-0.2, 0) is 9.68 Å². The van der Waals surface area contributed by atoms with E-state index < -0.39 is 0 Å². The molecular formula is C13H20N2O4. The van der Waals surface area contributed by atoms with Crippen molar-refractivity contribution in [3.63, 3.8) is 0 Å². The highest BCUT2D eigenvalue weighted by Crippen LogP contribution is 2.14. The number of nitrogens with zero attached hydrogens (tertiary/aromatic N) is 2. The molecule has 0 aliphatic carbocycles. The molecule has 0 rings (SSSR count). The highest BCUT2D eigenvalue weighted by molar-refractivity contribution is 4.98. The fraction of sp³-hybridized carbons (Fsp3) is 0.538. The molecule has 19 heavy (non-hydrogen) atoms. The van der Waals surface area contributed by atoms with E-state index in [-0.39, 0.29) is 18.6 Å². The van der Waals surface area contributed by atoms with Crippen LogP contribution in [0.15, 0.2) is 47.6 Å². The molecule has 0 bridgehead atoms. The van der Waals surface area contributed by atoms with Crippen LogP contribution in [0.3, 0.4) is 0 Å². The van der Waals surface area contributed by atoms with Gasteiger partial charge in [0.05, 0.1) is 0 Å². The zero-order valence-electron chi connectivity index (χ0n) is 11.2. The fourth-order valence-corrected chi connectivity index (χ4v) is 1.57. The van der Waals surface area contributed by atoms with Gasteiger partial charge in [-0.15, -0.1) is 16.4 Å². The van der Waals surface area contributed by atoms with Gasteiger partial charge in [0.2, 0.25) is 0 Å². The van der Waals surface area contributed by atoms with Gasteiger partial charge in [0.25, 0.3) is 0 Å². The van der Waals surface area contributed by atoms with Crippen molar-refractivity contribution in [1.29, 1.82) is 0 Å². The van der Waals surface area contributed by atoms with Gasteiger partial charge < -0.3 is 9.68 Å². The molecule has 0 amide bonds. The zero-order chi connectivity index (χ0) is 14.5. The molecule has 0 aromatic rings. The summed E-state index contributed by atoms with van der Waals surface area (Å²) in [6, 6.07) is 0. The van der Waals surface area contributed by atoms with Crippen LogP contribution in [0.5, 0.6) is 0 Å². The lowest BCUT2D eigenvalue weighted by molar-refractivity contribution is 0.0833. The minimum Gasteiger partial charge on any atom is -0.363 e. The summed E-state index contributed by atoms with van der Waals surface area (Å²) in [5.74, 6) is 0.0579. The Morgan fingerprint density at radius 2 is 2.11 bits per heavy atom. The maximum absolute atomic E-state index is 9.95. The summed E-state index contributed by atoms with van der Waals surface area (Å²) < 4.78 is 0. The molecule has 0 saturated heterocycles. The first-order valence-corrected chi connectivity index (χ1v) is 6.00. The number of allylic oxidation sites excluding steroid dienone is 2. The Hall–Kier alpha value is -1.98. The van der Waals surface area contributed by atoms with E-state index in [1.54, 1.807) is 0 Å². The quantitative estimate of drug-likeness (QED) is 0.306. The van der Waals surface area contributed by atoms with Gasteiger partial charge in [-0.3, -0.25) is 0 Å². The topological polar surface area (TPSA) is 77.3 Å². The van der Waals surface area contributed by atoms with E-state index >= 15 is 0 Å². The molecule has 2 unspecified atom stereocenters. The lowest BCUT2D eigenvalue weighted by atomic mass is 10.0. The molecule has 6 nitrogen and oxygen atoms in total. The number of hydrogen-bond donors (Lipinski definition) is 0. The largest absolute Gasteiger partial charge is 0.363 e. The van der Waals surface area contributed by atoms with Crippen molar-refractivity contribution in [3.05, 3.63) is 46.8 Å². The molecular weight excluding hydrogens is 248 g/mol. The Bertz CT molecular complexity index is 329. The predicted octanol–water partition coefficient (Wildman–Crippen LogP) is 3.86. The number of rotatable bonds is 12. The fourth-order valence-electron chi connectivity index (χ4n) is 1.57. The molecule has 0 heterocycles. The zero-order valence-corrected chi connectivity index (χ0v) is 11.2. The molecule has 0 N–H and O–H groups in total. The molecule has 6 heteroatoms. The molecule has 0 fully saturated rings. The second-order valence-corrected chi connectivity index (χ2v) is 4.25. The van der Waals surface area contributed by atoms with E-state index in [1.165, 1.54) is 6.08 Å². The van der Waals surface area contributed by atoms with E-state index in [4.69, 9.17) is 0 Å². The van der Waals surface area contributed by atoms with E-state index in [1.807, 2.05) is 19.1 Å². The monoisotopic (exact) mass is 268 g/mol. The van der Waals surface area contributed by atoms with Crippen molar-refractivity contribution in [2.45, 2.75) is 32.3 Å². The van der Waals surface area contributed by atoms with Crippen LogP contribution >= 0.6 is 0 Å². The van der Waals surface area contributed by atoms with Crippen LogP contribution in [-0.4, -0.2) is 12.7 Å². The molecule has 0 aliphatic rings. The average Bonchev–Trinajstić information content (AvgIpc) is 2.38. The third kappa shape index (κ3) is 9.70. The molecule has 0 aromatic carbocycles. The van der Waals surface area contributed by atoms with Crippen LogP contribution in [0.4, 0.5) is 0 Å². The molecule has 0 saturated carbocycles. The summed E-state index contributed by atoms with van der Waals surface area (Å²) in [6.07, 6.45) is 7.06. The van der Waals surface area contributed by atoms with E-state index in [0.717, 1.165) is 12.0 Å². The summed E-state index contributed by atoms with van der Waals surface area (Å²) in [5, 5.41) is 4.76. The van der Waals surface area contributed by atoms with Gasteiger partial charge in [-0.1, -0.05) is 24.3 Å². The lowest BCUT2D eigenvalue weighted by Crippen LogP contribution is -2.06. The first kappa shape index (κ1) is 17.0. The van der Waals surface area contributed by atoms with Crippen LogP contribution in [0.2, 0.25) is 0 Å². The average molecular weight is 268 g/mol. The van der Waals surface area contributed by atoms with Crippen molar-refractivity contribution < 1.29 is 9.68 Å². The second kappa shape index (κ2) is 11.1. The maximum atomic E-state index is 9.95. The van der Waals surface area contributed by atoms with Crippen LogP contribution in [0.25, 0.3) is 0 Å². The molecule has 0 radical (unpaired) electrons. The van der Waals surface area contributed by atoms with Crippen molar-refractivity contribution >= 4 is 0 Å². The minimum atomic E-state index is -0.380. The summed E-state index contributed by atoms with van der Waals surface area (Å²) in [5.41, 5.74) is 1.00. The summed E-state index contributed by atoms with van der Waals surface area (Å²) in [6.45, 7) is 9.50. The lowest BCUT2D eigenvalue weighted by Gasteiger charge is -2.10. The van der Waals surface area contributed by atoms with Gasteiger partial charge in [0.1, 0.15) is 12.7 Å². The minimum absolute atomic E-state index is 0.0579. The smallest absolute Gasteiger partial charge is 0.155 e. The third-order valence-electron chi connectivity index (χ3n) is 2.42. The van der Waals surface area contributed by atoms with Gasteiger partial charge in [-0.25, -0.2) is 0 Å². The first-order valence-electron chi connectivity index (χ1n) is 6.00. The van der Waals surface area contributed by atoms with Crippen LogP contribution < -0.4 is 0 Å². The molecule has 0 aliphatic heterocycles. The summed E-state index contributed by atoms with van der Waals surface area (Å²) in [7, 11) is 0. The van der Waals surface area contributed by atoms with Crippen molar-refractivity contribution in [3.8, 4) is 0 Å². The maximum Gasteiger partial charge on any atom is 0.155 e. The van der Waals surface area contributed by atoms with Gasteiger partial charge in [-0.2, -0.15) is 0 Å². The highest BCUT2D eigenvalue weighted by atomic mass is 16.7. The third-order valence-corrected chi connectivity index (χ3v) is 2.42. The van der Waals surface area contributed by atoms with Crippen LogP contribution in [0, 0.1) is 15.7 Å². The Balaban J connectivity index is 4.13. The Kier molecular flexibility index (Phi) is 9.97. The number of hydrogen-bond acceptors (Lipinski definition) is 6. The van der Waals surface area contributed by atoms with Gasteiger partial charge in [0, 0.05) is 5.92 Å². The SMILES string of the molecule is C=CC(CCC=CC(CON=O)CC(=C)C)ON=O. The molecule has 0 aromatic heterocycles. The van der Waals surface area contributed by atoms with E-state index in [2.05, 4.69) is 33.5 Å². The Morgan fingerprint density at radius 3 is 2.63 bits per heavy atom. The van der Waals surface area contributed by atoms with Crippen molar-refractivity contribution in [1.82, 2.24) is 0 Å². The normalized spacial score (nSPS) is 13.5. The standard InChI is InChI=1S/C13H20N2O4/c1-4-13(19-15-17)8-6-5-7-12(9-11(2)3)10-18-14-16/h4-5,7,12-13H,1-2,6,8-10H2,3H3. The second-order valence-electron chi connectivity index (χ2n) is 4.25. The Morgan fingerprint density at radius 1 is 1.37 bits per heavy atom. The molecule has 0 spiro atoms. The summed E-state index contributed by atoms with van der Waals surface area (Å²) >= 11 is 0. The van der Waals surface area contributed by atoms with Gasteiger partial charge in [0.15, 0.2) is 10.7 Å². The Labute approximate surface area is 113 Å². The van der Waals surface area contributed by atoms with E-state index in [0.29, 0.717) is 12.8 Å². The van der Waals surface area contributed by atoms with Crippen molar-refractivity contribution in [2.24, 2.45) is 16.6 Å². The molecule has 2 atom stereocenters. The van der Waals surface area contributed by atoms with Gasteiger partial charge >= 0.3 is 0 Å². The van der Waals surface area contributed by atoms with Gasteiger partial charge in [-0.05, 0) is 32.3 Å².